The minimum Gasteiger partial charge on any atom is -0.339 e. The second-order valence-corrected chi connectivity index (χ2v) is 4.26. The maximum Gasteiger partial charge on any atom is 0.231 e. The number of halogens is 2. The van der Waals surface area contributed by atoms with Gasteiger partial charge >= 0.3 is 0 Å². The van der Waals surface area contributed by atoms with Crippen molar-refractivity contribution in [2.75, 3.05) is 0 Å². The van der Waals surface area contributed by atoms with E-state index in [1.165, 1.54) is 12.1 Å². The highest BCUT2D eigenvalue weighted by Gasteiger charge is 2.14. The molecule has 0 amide bonds. The molecule has 0 fully saturated rings. The number of benzene rings is 1. The molecule has 0 bridgehead atoms. The van der Waals surface area contributed by atoms with Gasteiger partial charge < -0.3 is 4.52 Å². The molecule has 5 heteroatoms. The van der Waals surface area contributed by atoms with E-state index in [0.717, 1.165) is 12.0 Å². The van der Waals surface area contributed by atoms with Crippen LogP contribution in [0.1, 0.15) is 36.0 Å². The molecule has 1 unspecified atom stereocenters. The van der Waals surface area contributed by atoms with E-state index >= 15 is 0 Å². The molecule has 0 aliphatic heterocycles. The van der Waals surface area contributed by atoms with Crippen molar-refractivity contribution in [2.45, 2.75) is 25.1 Å². The van der Waals surface area contributed by atoms with Crippen LogP contribution in [0.2, 0.25) is 0 Å². The van der Waals surface area contributed by atoms with E-state index in [2.05, 4.69) is 10.1 Å². The van der Waals surface area contributed by atoms with Crippen LogP contribution in [-0.4, -0.2) is 10.1 Å². The zero-order valence-electron chi connectivity index (χ0n) is 9.36. The summed E-state index contributed by atoms with van der Waals surface area (Å²) in [6.07, 6.45) is 1.15. The van der Waals surface area contributed by atoms with Crippen LogP contribution >= 0.6 is 11.6 Å². The van der Waals surface area contributed by atoms with Gasteiger partial charge in [0.25, 0.3) is 0 Å². The lowest BCUT2D eigenvalue weighted by Gasteiger charge is -1.97. The lowest BCUT2D eigenvalue weighted by Crippen LogP contribution is -1.93. The molecule has 17 heavy (non-hydrogen) atoms. The standard InChI is InChI=1S/C12H12ClFN2O/c1-2-10(13)12-15-11(17-16-12)7-8-4-3-5-9(14)6-8/h3-6,10H,2,7H2,1H3. The van der Waals surface area contributed by atoms with E-state index in [1.54, 1.807) is 6.07 Å². The molecule has 1 atom stereocenters. The van der Waals surface area contributed by atoms with Crippen LogP contribution in [0.5, 0.6) is 0 Å². The summed E-state index contributed by atoms with van der Waals surface area (Å²) >= 11 is 5.99. The first kappa shape index (κ1) is 12.0. The van der Waals surface area contributed by atoms with Gasteiger partial charge in [0.05, 0.1) is 11.8 Å². The SMILES string of the molecule is CCC(Cl)c1noc(Cc2cccc(F)c2)n1. The minimum atomic E-state index is -0.272. The summed E-state index contributed by atoms with van der Waals surface area (Å²) in [5.41, 5.74) is 0.794. The van der Waals surface area contributed by atoms with Crippen molar-refractivity contribution in [3.63, 3.8) is 0 Å². The fourth-order valence-electron chi connectivity index (χ4n) is 1.47. The average Bonchev–Trinajstić information content (AvgIpc) is 2.76. The lowest BCUT2D eigenvalue weighted by molar-refractivity contribution is 0.378. The lowest BCUT2D eigenvalue weighted by atomic mass is 10.1. The third-order valence-electron chi connectivity index (χ3n) is 2.37. The molecule has 0 N–H and O–H groups in total. The van der Waals surface area contributed by atoms with Gasteiger partial charge in [0.15, 0.2) is 5.82 Å². The van der Waals surface area contributed by atoms with E-state index in [9.17, 15) is 4.39 Å². The predicted molar refractivity (Wildman–Crippen MR) is 62.4 cm³/mol. The molecule has 3 nitrogen and oxygen atoms in total. The Bertz CT molecular complexity index is 501. The molecule has 0 aliphatic carbocycles. The highest BCUT2D eigenvalue weighted by Crippen LogP contribution is 2.21. The predicted octanol–water partition coefficient (Wildman–Crippen LogP) is 3.49. The van der Waals surface area contributed by atoms with E-state index < -0.39 is 0 Å². The Morgan fingerprint density at radius 2 is 2.29 bits per heavy atom. The maximum absolute atomic E-state index is 13.0. The molecule has 2 rings (SSSR count). The summed E-state index contributed by atoms with van der Waals surface area (Å²) in [6, 6.07) is 6.31. The Balaban J connectivity index is 2.11. The molecule has 2 aromatic rings. The monoisotopic (exact) mass is 254 g/mol. The molecule has 0 aliphatic rings. The summed E-state index contributed by atoms with van der Waals surface area (Å²) < 4.78 is 18.0. The van der Waals surface area contributed by atoms with E-state index in [0.29, 0.717) is 18.1 Å². The van der Waals surface area contributed by atoms with Gasteiger partial charge in [-0.2, -0.15) is 4.98 Å². The van der Waals surface area contributed by atoms with Crippen LogP contribution in [0.15, 0.2) is 28.8 Å². The summed E-state index contributed by atoms with van der Waals surface area (Å²) in [5.74, 6) is 0.663. The fourth-order valence-corrected chi connectivity index (χ4v) is 1.56. The number of hydrogen-bond acceptors (Lipinski definition) is 3. The smallest absolute Gasteiger partial charge is 0.231 e. The van der Waals surface area contributed by atoms with Crippen molar-refractivity contribution in [3.8, 4) is 0 Å². The van der Waals surface area contributed by atoms with Gasteiger partial charge in [-0.05, 0) is 24.1 Å². The van der Waals surface area contributed by atoms with Crippen LogP contribution < -0.4 is 0 Å². The van der Waals surface area contributed by atoms with Gasteiger partial charge in [0.1, 0.15) is 5.82 Å². The molecular weight excluding hydrogens is 243 g/mol. The highest BCUT2D eigenvalue weighted by atomic mass is 35.5. The number of hydrogen-bond donors (Lipinski definition) is 0. The van der Waals surface area contributed by atoms with Gasteiger partial charge in [0.2, 0.25) is 5.89 Å². The Labute approximate surface area is 104 Å². The van der Waals surface area contributed by atoms with Crippen LogP contribution in [-0.2, 0) is 6.42 Å². The largest absolute Gasteiger partial charge is 0.339 e. The molecule has 1 aromatic carbocycles. The zero-order valence-corrected chi connectivity index (χ0v) is 10.1. The summed E-state index contributed by atoms with van der Waals surface area (Å²) in [5, 5.41) is 3.56. The molecular formula is C12H12ClFN2O. The maximum atomic E-state index is 13.0. The van der Waals surface area contributed by atoms with Gasteiger partial charge in [-0.1, -0.05) is 24.2 Å². The van der Waals surface area contributed by atoms with Crippen molar-refractivity contribution in [1.29, 1.82) is 0 Å². The Morgan fingerprint density at radius 3 is 3.00 bits per heavy atom. The van der Waals surface area contributed by atoms with E-state index in [4.69, 9.17) is 16.1 Å². The minimum absolute atomic E-state index is 0.236. The van der Waals surface area contributed by atoms with Gasteiger partial charge in [-0.15, -0.1) is 11.6 Å². The van der Waals surface area contributed by atoms with Crippen LogP contribution in [0.25, 0.3) is 0 Å². The van der Waals surface area contributed by atoms with Gasteiger partial charge in [0, 0.05) is 0 Å². The van der Waals surface area contributed by atoms with Crippen LogP contribution in [0.3, 0.4) is 0 Å². The van der Waals surface area contributed by atoms with Gasteiger partial charge in [-0.25, -0.2) is 4.39 Å². The number of alkyl halides is 1. The van der Waals surface area contributed by atoms with Crippen molar-refractivity contribution in [2.24, 2.45) is 0 Å². The quantitative estimate of drug-likeness (QED) is 0.784. The first-order chi connectivity index (χ1) is 8.19. The Kier molecular flexibility index (Phi) is 3.74. The number of rotatable bonds is 4. The van der Waals surface area contributed by atoms with Crippen LogP contribution in [0.4, 0.5) is 4.39 Å². The van der Waals surface area contributed by atoms with Crippen LogP contribution in [0, 0.1) is 5.82 Å². The van der Waals surface area contributed by atoms with Crippen molar-refractivity contribution < 1.29 is 8.91 Å². The normalized spacial score (nSPS) is 12.6. The Hall–Kier alpha value is -1.42. The summed E-state index contributed by atoms with van der Waals surface area (Å²) in [6.45, 7) is 1.94. The first-order valence-corrected chi connectivity index (χ1v) is 5.83. The summed E-state index contributed by atoms with van der Waals surface area (Å²) in [4.78, 5) is 4.17. The zero-order chi connectivity index (χ0) is 12.3. The highest BCUT2D eigenvalue weighted by molar-refractivity contribution is 6.20. The topological polar surface area (TPSA) is 38.9 Å². The first-order valence-electron chi connectivity index (χ1n) is 5.40. The number of nitrogens with zero attached hydrogens (tertiary/aromatic N) is 2. The molecule has 0 spiro atoms. The van der Waals surface area contributed by atoms with Crippen molar-refractivity contribution in [1.82, 2.24) is 10.1 Å². The molecule has 0 saturated heterocycles. The second kappa shape index (κ2) is 5.27. The third-order valence-corrected chi connectivity index (χ3v) is 2.87. The summed E-state index contributed by atoms with van der Waals surface area (Å²) in [7, 11) is 0. The van der Waals surface area contributed by atoms with Gasteiger partial charge in [-0.3, -0.25) is 0 Å². The van der Waals surface area contributed by atoms with E-state index in [1.807, 2.05) is 13.0 Å². The molecule has 0 saturated carbocycles. The fraction of sp³-hybridized carbons (Fsp3) is 0.333. The average molecular weight is 255 g/mol. The molecule has 0 radical (unpaired) electrons. The van der Waals surface area contributed by atoms with Crippen molar-refractivity contribution in [3.05, 3.63) is 47.4 Å². The van der Waals surface area contributed by atoms with Crippen molar-refractivity contribution >= 4 is 11.6 Å². The second-order valence-electron chi connectivity index (χ2n) is 3.73. The molecule has 90 valence electrons. The molecule has 1 heterocycles. The van der Waals surface area contributed by atoms with E-state index in [-0.39, 0.29) is 11.2 Å². The number of aromatic nitrogens is 2. The molecule has 1 aromatic heterocycles. The third kappa shape index (κ3) is 3.03. The Morgan fingerprint density at radius 1 is 1.47 bits per heavy atom.